The molecule has 0 aliphatic heterocycles. The lowest BCUT2D eigenvalue weighted by atomic mass is 10.1. The Hall–Kier alpha value is -3.29. The summed E-state index contributed by atoms with van der Waals surface area (Å²) in [6.45, 7) is 1.81. The molecular formula is C14H11N5O3. The summed E-state index contributed by atoms with van der Waals surface area (Å²) < 4.78 is 2.70. The van der Waals surface area contributed by atoms with Gasteiger partial charge in [-0.15, -0.1) is 5.10 Å². The molecule has 3 aromatic rings. The topological polar surface area (TPSA) is 103 Å². The van der Waals surface area contributed by atoms with Crippen LogP contribution in [-0.2, 0) is 0 Å². The molecule has 8 nitrogen and oxygen atoms in total. The molecule has 0 aliphatic rings. The average Bonchev–Trinajstić information content (AvgIpc) is 3.01. The van der Waals surface area contributed by atoms with Gasteiger partial charge >= 0.3 is 5.97 Å². The van der Waals surface area contributed by atoms with Gasteiger partial charge < -0.3 is 5.11 Å². The van der Waals surface area contributed by atoms with Gasteiger partial charge in [0.2, 0.25) is 0 Å². The number of hydrogen-bond donors (Lipinski definition) is 1. The van der Waals surface area contributed by atoms with E-state index >= 15 is 0 Å². The molecule has 0 fully saturated rings. The number of aromatic carboxylic acids is 1. The van der Waals surface area contributed by atoms with E-state index in [4.69, 9.17) is 0 Å². The van der Waals surface area contributed by atoms with Crippen LogP contribution >= 0.6 is 0 Å². The summed E-state index contributed by atoms with van der Waals surface area (Å²) in [6, 6.07) is 7.74. The van der Waals surface area contributed by atoms with E-state index in [1.54, 1.807) is 18.3 Å². The number of nitrogens with zero attached hydrogens (tertiary/aromatic N) is 5. The number of benzene rings is 1. The largest absolute Gasteiger partial charge is 0.478 e. The SMILES string of the molecule is Cc1ccn(-c2cc(C(=O)O)cc(-n3cnnn3)c2)c(=O)c1. The van der Waals surface area contributed by atoms with Gasteiger partial charge in [0.15, 0.2) is 0 Å². The molecule has 0 atom stereocenters. The summed E-state index contributed by atoms with van der Waals surface area (Å²) in [7, 11) is 0. The van der Waals surface area contributed by atoms with Crippen molar-refractivity contribution in [2.75, 3.05) is 0 Å². The third kappa shape index (κ3) is 2.49. The van der Waals surface area contributed by atoms with E-state index in [0.29, 0.717) is 11.4 Å². The zero-order valence-electron chi connectivity index (χ0n) is 11.5. The predicted molar refractivity (Wildman–Crippen MR) is 76.4 cm³/mol. The van der Waals surface area contributed by atoms with E-state index in [1.165, 1.54) is 33.8 Å². The van der Waals surface area contributed by atoms with Crippen molar-refractivity contribution in [2.24, 2.45) is 0 Å². The number of carbonyl (C=O) groups is 1. The third-order valence-corrected chi connectivity index (χ3v) is 3.12. The lowest BCUT2D eigenvalue weighted by molar-refractivity contribution is 0.0697. The third-order valence-electron chi connectivity index (χ3n) is 3.12. The molecule has 8 heteroatoms. The minimum Gasteiger partial charge on any atom is -0.478 e. The Morgan fingerprint density at radius 2 is 1.95 bits per heavy atom. The van der Waals surface area contributed by atoms with Gasteiger partial charge in [0.25, 0.3) is 5.56 Å². The van der Waals surface area contributed by atoms with Gasteiger partial charge in [-0.25, -0.2) is 9.48 Å². The molecule has 0 saturated carbocycles. The normalized spacial score (nSPS) is 10.6. The Labute approximate surface area is 124 Å². The number of rotatable bonds is 3. The van der Waals surface area contributed by atoms with E-state index in [1.807, 2.05) is 6.92 Å². The lowest BCUT2D eigenvalue weighted by Gasteiger charge is -2.09. The van der Waals surface area contributed by atoms with Crippen LogP contribution in [0, 0.1) is 6.92 Å². The average molecular weight is 297 g/mol. The highest BCUT2D eigenvalue weighted by Gasteiger charge is 2.11. The number of aryl methyl sites for hydroxylation is 1. The second kappa shape index (κ2) is 5.24. The van der Waals surface area contributed by atoms with Crippen LogP contribution in [0.15, 0.2) is 47.7 Å². The van der Waals surface area contributed by atoms with E-state index in [9.17, 15) is 14.7 Å². The molecule has 0 radical (unpaired) electrons. The smallest absolute Gasteiger partial charge is 0.335 e. The first-order chi connectivity index (χ1) is 10.5. The van der Waals surface area contributed by atoms with Gasteiger partial charge in [0, 0.05) is 12.3 Å². The van der Waals surface area contributed by atoms with Gasteiger partial charge in [0.05, 0.1) is 16.9 Å². The van der Waals surface area contributed by atoms with Crippen LogP contribution in [0.2, 0.25) is 0 Å². The summed E-state index contributed by atoms with van der Waals surface area (Å²) in [5.41, 5.74) is 1.50. The fourth-order valence-electron chi connectivity index (χ4n) is 2.06. The van der Waals surface area contributed by atoms with E-state index in [0.717, 1.165) is 5.56 Å². The monoisotopic (exact) mass is 297 g/mol. The molecule has 1 aromatic carbocycles. The quantitative estimate of drug-likeness (QED) is 0.767. The number of tetrazole rings is 1. The maximum atomic E-state index is 12.1. The Morgan fingerprint density at radius 3 is 2.59 bits per heavy atom. The Kier molecular flexibility index (Phi) is 3.26. The van der Waals surface area contributed by atoms with Crippen molar-refractivity contribution >= 4 is 5.97 Å². The minimum atomic E-state index is -1.10. The summed E-state index contributed by atoms with van der Waals surface area (Å²) in [4.78, 5) is 23.4. The Bertz CT molecular complexity index is 899. The lowest BCUT2D eigenvalue weighted by Crippen LogP contribution is -2.17. The van der Waals surface area contributed by atoms with Gasteiger partial charge in [-0.3, -0.25) is 9.36 Å². The predicted octanol–water partition coefficient (Wildman–Crippen LogP) is 0.820. The molecular weight excluding hydrogens is 286 g/mol. The van der Waals surface area contributed by atoms with Crippen molar-refractivity contribution in [2.45, 2.75) is 6.92 Å². The number of pyridine rings is 1. The van der Waals surface area contributed by atoms with Crippen molar-refractivity contribution in [3.63, 3.8) is 0 Å². The van der Waals surface area contributed by atoms with Crippen LogP contribution in [0.3, 0.4) is 0 Å². The Morgan fingerprint density at radius 1 is 1.18 bits per heavy atom. The van der Waals surface area contributed by atoms with Gasteiger partial charge in [0.1, 0.15) is 6.33 Å². The van der Waals surface area contributed by atoms with Crippen molar-refractivity contribution < 1.29 is 9.90 Å². The maximum absolute atomic E-state index is 12.1. The van der Waals surface area contributed by atoms with Crippen LogP contribution < -0.4 is 5.56 Å². The summed E-state index contributed by atoms with van der Waals surface area (Å²) >= 11 is 0. The molecule has 1 N–H and O–H groups in total. The van der Waals surface area contributed by atoms with Crippen LogP contribution in [0.5, 0.6) is 0 Å². The van der Waals surface area contributed by atoms with Crippen molar-refractivity contribution in [1.29, 1.82) is 0 Å². The van der Waals surface area contributed by atoms with Crippen LogP contribution in [0.1, 0.15) is 15.9 Å². The van der Waals surface area contributed by atoms with Crippen LogP contribution in [-0.4, -0.2) is 35.9 Å². The molecule has 0 amide bonds. The maximum Gasteiger partial charge on any atom is 0.335 e. The second-order valence-electron chi connectivity index (χ2n) is 4.71. The zero-order chi connectivity index (χ0) is 15.7. The highest BCUT2D eigenvalue weighted by Crippen LogP contribution is 2.16. The Balaban J connectivity index is 2.23. The number of carboxylic acids is 1. The van der Waals surface area contributed by atoms with E-state index in [-0.39, 0.29) is 11.1 Å². The van der Waals surface area contributed by atoms with E-state index in [2.05, 4.69) is 15.5 Å². The molecule has 2 aromatic heterocycles. The van der Waals surface area contributed by atoms with Crippen molar-refractivity contribution in [3.8, 4) is 11.4 Å². The zero-order valence-corrected chi connectivity index (χ0v) is 11.5. The molecule has 0 spiro atoms. The highest BCUT2D eigenvalue weighted by atomic mass is 16.4. The van der Waals surface area contributed by atoms with Gasteiger partial charge in [-0.05, 0) is 47.2 Å². The minimum absolute atomic E-state index is 0.0375. The molecule has 0 bridgehead atoms. The van der Waals surface area contributed by atoms with Gasteiger partial charge in [-0.1, -0.05) is 0 Å². The molecule has 22 heavy (non-hydrogen) atoms. The summed E-state index contributed by atoms with van der Waals surface area (Å²) in [5, 5.41) is 20.0. The molecule has 0 saturated heterocycles. The molecule has 110 valence electrons. The first-order valence-corrected chi connectivity index (χ1v) is 6.36. The first kappa shape index (κ1) is 13.7. The van der Waals surface area contributed by atoms with Crippen molar-refractivity contribution in [1.82, 2.24) is 24.8 Å². The first-order valence-electron chi connectivity index (χ1n) is 6.36. The summed E-state index contributed by atoms with van der Waals surface area (Å²) in [5.74, 6) is -1.10. The fraction of sp³-hybridized carbons (Fsp3) is 0.0714. The van der Waals surface area contributed by atoms with Crippen LogP contribution in [0.25, 0.3) is 11.4 Å². The fourth-order valence-corrected chi connectivity index (χ4v) is 2.06. The van der Waals surface area contributed by atoms with Gasteiger partial charge in [-0.2, -0.15) is 0 Å². The summed E-state index contributed by atoms with van der Waals surface area (Å²) in [6.07, 6.45) is 2.95. The van der Waals surface area contributed by atoms with Crippen molar-refractivity contribution in [3.05, 3.63) is 64.3 Å². The molecule has 0 unspecified atom stereocenters. The molecule has 0 aliphatic carbocycles. The van der Waals surface area contributed by atoms with E-state index < -0.39 is 5.97 Å². The second-order valence-corrected chi connectivity index (χ2v) is 4.71. The molecule has 3 rings (SSSR count). The standard InChI is InChI=1S/C14H11N5O3/c1-9-2-3-18(13(20)4-9)11-5-10(14(21)22)6-12(7-11)19-8-15-16-17-19/h2-8H,1H3,(H,21,22). The number of carboxylic acid groups (broad SMARTS) is 1. The number of hydrogen-bond acceptors (Lipinski definition) is 5. The number of aromatic nitrogens is 5. The molecule has 2 heterocycles. The highest BCUT2D eigenvalue weighted by molar-refractivity contribution is 5.89. The van der Waals surface area contributed by atoms with Crippen LogP contribution in [0.4, 0.5) is 0 Å².